The summed E-state index contributed by atoms with van der Waals surface area (Å²) >= 11 is 1.79. The van der Waals surface area contributed by atoms with E-state index in [0.717, 1.165) is 17.7 Å². The molecule has 0 aliphatic carbocycles. The first-order valence-electron chi connectivity index (χ1n) is 4.89. The molecule has 0 bridgehead atoms. The van der Waals surface area contributed by atoms with Crippen LogP contribution < -0.4 is 0 Å². The fourth-order valence-electron chi connectivity index (χ4n) is 1.32. The first kappa shape index (κ1) is 11.3. The molecule has 0 heterocycles. The Balaban J connectivity index is 2.67. The molecule has 0 aromatic heterocycles. The maximum Gasteiger partial charge on any atom is 0.162 e. The Labute approximate surface area is 89.9 Å². The monoisotopic (exact) mass is 208 g/mol. The van der Waals surface area contributed by atoms with Crippen molar-refractivity contribution >= 4 is 17.5 Å². The molecule has 0 amide bonds. The van der Waals surface area contributed by atoms with Crippen molar-refractivity contribution in [1.29, 1.82) is 0 Å². The van der Waals surface area contributed by atoms with Crippen LogP contribution in [0, 0.1) is 0 Å². The van der Waals surface area contributed by atoms with Gasteiger partial charge < -0.3 is 0 Å². The third-order valence-corrected chi connectivity index (χ3v) is 2.69. The number of hydrogen-bond donors (Lipinski definition) is 0. The summed E-state index contributed by atoms with van der Waals surface area (Å²) in [4.78, 5) is 11.5. The van der Waals surface area contributed by atoms with Gasteiger partial charge in [0, 0.05) is 17.7 Å². The van der Waals surface area contributed by atoms with Crippen LogP contribution in [0.5, 0.6) is 0 Å². The Hall–Kier alpha value is -0.760. The average Bonchev–Trinajstić information content (AvgIpc) is 2.20. The smallest absolute Gasteiger partial charge is 0.162 e. The van der Waals surface area contributed by atoms with E-state index in [0.29, 0.717) is 6.42 Å². The number of ketones is 1. The molecule has 0 unspecified atom stereocenters. The largest absolute Gasteiger partial charge is 0.294 e. The summed E-state index contributed by atoms with van der Waals surface area (Å²) in [7, 11) is 0. The van der Waals surface area contributed by atoms with Crippen LogP contribution in [0.25, 0.3) is 0 Å². The van der Waals surface area contributed by atoms with Crippen molar-refractivity contribution in [2.24, 2.45) is 0 Å². The predicted octanol–water partition coefficient (Wildman–Crippen LogP) is 3.53. The lowest BCUT2D eigenvalue weighted by molar-refractivity contribution is 0.0982. The maximum absolute atomic E-state index is 11.5. The molecule has 1 nitrogen and oxygen atoms in total. The molecular weight excluding hydrogens is 192 g/mol. The summed E-state index contributed by atoms with van der Waals surface area (Å²) in [6.07, 6.45) is 3.66. The summed E-state index contributed by atoms with van der Waals surface area (Å²) in [5, 5.41) is 0. The Kier molecular flexibility index (Phi) is 4.74. The molecule has 2 heteroatoms. The number of Topliss-reactive ketones (excluding diaryl/α,β-unsaturated/α-hetero) is 1. The predicted molar refractivity (Wildman–Crippen MR) is 62.9 cm³/mol. The lowest BCUT2D eigenvalue weighted by Gasteiger charge is -2.01. The summed E-state index contributed by atoms with van der Waals surface area (Å²) in [6.45, 7) is 2.03. The van der Waals surface area contributed by atoms with E-state index in [4.69, 9.17) is 0 Å². The lowest BCUT2D eigenvalue weighted by Crippen LogP contribution is -1.97. The van der Waals surface area contributed by atoms with Crippen LogP contribution in [0.2, 0.25) is 0 Å². The molecular formula is C12H16OS. The van der Waals surface area contributed by atoms with Gasteiger partial charge in [-0.2, -0.15) is 11.8 Å². The molecule has 0 saturated heterocycles. The van der Waals surface area contributed by atoms with Crippen LogP contribution in [0.15, 0.2) is 24.3 Å². The van der Waals surface area contributed by atoms with E-state index in [9.17, 15) is 4.79 Å². The van der Waals surface area contributed by atoms with Gasteiger partial charge >= 0.3 is 0 Å². The van der Waals surface area contributed by atoms with Gasteiger partial charge in [-0.05, 0) is 18.2 Å². The second-order valence-corrected chi connectivity index (χ2v) is 4.17. The number of benzene rings is 1. The molecule has 14 heavy (non-hydrogen) atoms. The van der Waals surface area contributed by atoms with Gasteiger partial charge in [-0.25, -0.2) is 0 Å². The van der Waals surface area contributed by atoms with Gasteiger partial charge in [0.15, 0.2) is 5.78 Å². The Bertz CT molecular complexity index is 290. The fraction of sp³-hybridized carbons (Fsp3) is 0.417. The van der Waals surface area contributed by atoms with Crippen LogP contribution in [-0.2, 0) is 5.75 Å². The maximum atomic E-state index is 11.5. The van der Waals surface area contributed by atoms with Crippen molar-refractivity contribution < 1.29 is 4.79 Å². The zero-order valence-corrected chi connectivity index (χ0v) is 9.56. The zero-order chi connectivity index (χ0) is 10.4. The summed E-state index contributed by atoms with van der Waals surface area (Å²) in [6, 6.07) is 7.95. The highest BCUT2D eigenvalue weighted by Gasteiger charge is 2.03. The summed E-state index contributed by atoms with van der Waals surface area (Å²) in [5.41, 5.74) is 2.13. The van der Waals surface area contributed by atoms with Gasteiger partial charge in [-0.3, -0.25) is 4.79 Å². The molecule has 0 aliphatic heterocycles. The van der Waals surface area contributed by atoms with E-state index in [1.165, 1.54) is 5.56 Å². The van der Waals surface area contributed by atoms with Gasteiger partial charge in [0.05, 0.1) is 0 Å². The minimum atomic E-state index is 0.253. The van der Waals surface area contributed by atoms with Crippen LogP contribution >= 0.6 is 11.8 Å². The van der Waals surface area contributed by atoms with Crippen LogP contribution in [0.1, 0.15) is 35.7 Å². The Morgan fingerprint density at radius 3 is 2.43 bits per heavy atom. The Morgan fingerprint density at radius 2 is 1.93 bits per heavy atom. The third kappa shape index (κ3) is 3.18. The molecule has 1 aromatic carbocycles. The van der Waals surface area contributed by atoms with E-state index < -0.39 is 0 Å². The topological polar surface area (TPSA) is 17.1 Å². The molecule has 0 N–H and O–H groups in total. The van der Waals surface area contributed by atoms with Gasteiger partial charge in [0.2, 0.25) is 0 Å². The molecule has 76 valence electrons. The number of hydrogen-bond acceptors (Lipinski definition) is 2. The molecule has 0 saturated carbocycles. The zero-order valence-electron chi connectivity index (χ0n) is 8.75. The quantitative estimate of drug-likeness (QED) is 0.688. The highest BCUT2D eigenvalue weighted by atomic mass is 32.2. The second kappa shape index (κ2) is 5.86. The molecule has 0 spiro atoms. The number of thioether (sulfide) groups is 1. The van der Waals surface area contributed by atoms with Gasteiger partial charge in [0.25, 0.3) is 0 Å². The molecule has 0 atom stereocenters. The van der Waals surface area contributed by atoms with E-state index in [2.05, 4.69) is 6.26 Å². The van der Waals surface area contributed by atoms with Crippen LogP contribution in [0.3, 0.4) is 0 Å². The average molecular weight is 208 g/mol. The van der Waals surface area contributed by atoms with E-state index in [1.807, 2.05) is 31.2 Å². The van der Waals surface area contributed by atoms with Gasteiger partial charge in [0.1, 0.15) is 0 Å². The molecule has 1 rings (SSSR count). The second-order valence-electron chi connectivity index (χ2n) is 3.30. The van der Waals surface area contributed by atoms with Gasteiger partial charge in [-0.1, -0.05) is 31.2 Å². The Morgan fingerprint density at radius 1 is 1.29 bits per heavy atom. The standard InChI is InChI=1S/C12H16OS/c1-3-4-12(13)11-7-5-10(6-8-11)9-14-2/h5-8H,3-4,9H2,1-2H3. The lowest BCUT2D eigenvalue weighted by atomic mass is 10.1. The van der Waals surface area contributed by atoms with Crippen molar-refractivity contribution in [2.45, 2.75) is 25.5 Å². The summed E-state index contributed by atoms with van der Waals surface area (Å²) in [5.74, 6) is 1.27. The van der Waals surface area contributed by atoms with Gasteiger partial charge in [-0.15, -0.1) is 0 Å². The minimum absolute atomic E-state index is 0.253. The van der Waals surface area contributed by atoms with Crippen molar-refractivity contribution in [3.63, 3.8) is 0 Å². The molecule has 0 radical (unpaired) electrons. The van der Waals surface area contributed by atoms with E-state index >= 15 is 0 Å². The molecule has 1 aromatic rings. The molecule has 0 fully saturated rings. The van der Waals surface area contributed by atoms with E-state index in [1.54, 1.807) is 11.8 Å². The SMILES string of the molecule is CCCC(=O)c1ccc(CSC)cc1. The fourth-order valence-corrected chi connectivity index (χ4v) is 1.85. The number of carbonyl (C=O) groups is 1. The van der Waals surface area contributed by atoms with Crippen molar-refractivity contribution in [2.75, 3.05) is 6.26 Å². The van der Waals surface area contributed by atoms with E-state index in [-0.39, 0.29) is 5.78 Å². The van der Waals surface area contributed by atoms with Crippen LogP contribution in [0.4, 0.5) is 0 Å². The van der Waals surface area contributed by atoms with Crippen molar-refractivity contribution in [3.8, 4) is 0 Å². The highest BCUT2D eigenvalue weighted by Crippen LogP contribution is 2.12. The molecule has 0 aliphatic rings. The minimum Gasteiger partial charge on any atom is -0.294 e. The highest BCUT2D eigenvalue weighted by molar-refractivity contribution is 7.97. The van der Waals surface area contributed by atoms with Crippen molar-refractivity contribution in [1.82, 2.24) is 0 Å². The third-order valence-electron chi connectivity index (χ3n) is 2.06. The summed E-state index contributed by atoms with van der Waals surface area (Å²) < 4.78 is 0. The normalized spacial score (nSPS) is 10.1. The number of rotatable bonds is 5. The first-order chi connectivity index (χ1) is 6.77. The van der Waals surface area contributed by atoms with Crippen LogP contribution in [-0.4, -0.2) is 12.0 Å². The number of carbonyl (C=O) groups excluding carboxylic acids is 1. The first-order valence-corrected chi connectivity index (χ1v) is 6.28. The van der Waals surface area contributed by atoms with Crippen molar-refractivity contribution in [3.05, 3.63) is 35.4 Å².